The minimum atomic E-state index is -0.629. The number of hydrogen-bond donors (Lipinski definition) is 2. The Hall–Kier alpha value is -3.20. The number of nitrogens with zero attached hydrogens (tertiary/aromatic N) is 2. The van der Waals surface area contributed by atoms with Gasteiger partial charge in [0.25, 0.3) is 5.91 Å². The van der Waals surface area contributed by atoms with Crippen LogP contribution in [-0.4, -0.2) is 54.9 Å². The largest absolute Gasteiger partial charge is 0.465 e. The first-order chi connectivity index (χ1) is 13.5. The van der Waals surface area contributed by atoms with E-state index >= 15 is 0 Å². The minimum absolute atomic E-state index is 0.125. The number of nitrogens with one attached hydrogen (secondary N) is 2. The van der Waals surface area contributed by atoms with Crippen LogP contribution in [0, 0.1) is 0 Å². The van der Waals surface area contributed by atoms with Crippen molar-refractivity contribution in [1.29, 1.82) is 0 Å². The lowest BCUT2D eigenvalue weighted by Crippen LogP contribution is -2.32. The molecule has 1 aliphatic rings. The number of carbonyl (C=O) groups excluding carboxylic acids is 3. The lowest BCUT2D eigenvalue weighted by atomic mass is 10.1. The zero-order valence-corrected chi connectivity index (χ0v) is 15.7. The van der Waals surface area contributed by atoms with Crippen molar-refractivity contribution in [3.05, 3.63) is 47.3 Å². The Morgan fingerprint density at radius 1 is 1.14 bits per heavy atom. The maximum atomic E-state index is 12.6. The number of piperidine rings is 1. The third-order valence-electron chi connectivity index (χ3n) is 4.52. The number of hydrogen-bond acceptors (Lipinski definition) is 7. The molecule has 1 atom stereocenters. The molecule has 0 radical (unpaired) electrons. The second-order valence-electron chi connectivity index (χ2n) is 6.42. The van der Waals surface area contributed by atoms with Gasteiger partial charge in [-0.25, -0.2) is 9.59 Å². The summed E-state index contributed by atoms with van der Waals surface area (Å²) in [5.41, 5.74) is 0.759. The average molecular weight is 386 g/mol. The molecule has 0 aliphatic carbocycles. The standard InChI is InChI=1S/C19H22N4O5/c1-27-18(25)12-8-13(19(26)28-2)10-14(9-12)21-17(24)16-5-7-23(22-16)15-4-3-6-20-11-15/h5,7-10,15,20H,3-4,6,11H2,1-2H3,(H,21,24). The van der Waals surface area contributed by atoms with Crippen LogP contribution in [0.3, 0.4) is 0 Å². The zero-order valence-electron chi connectivity index (χ0n) is 15.7. The Balaban J connectivity index is 1.80. The highest BCUT2D eigenvalue weighted by Gasteiger charge is 2.19. The fraction of sp³-hybridized carbons (Fsp3) is 0.368. The summed E-state index contributed by atoms with van der Waals surface area (Å²) in [6, 6.07) is 6.05. The van der Waals surface area contributed by atoms with E-state index in [9.17, 15) is 14.4 Å². The fourth-order valence-electron chi connectivity index (χ4n) is 3.09. The summed E-state index contributed by atoms with van der Waals surface area (Å²) in [7, 11) is 2.47. The van der Waals surface area contributed by atoms with E-state index in [1.165, 1.54) is 32.4 Å². The topological polar surface area (TPSA) is 112 Å². The normalized spacial score (nSPS) is 16.3. The maximum Gasteiger partial charge on any atom is 0.337 e. The lowest BCUT2D eigenvalue weighted by molar-refractivity contribution is 0.0599. The van der Waals surface area contributed by atoms with Gasteiger partial charge in [-0.3, -0.25) is 9.48 Å². The van der Waals surface area contributed by atoms with Gasteiger partial charge in [-0.1, -0.05) is 0 Å². The Morgan fingerprint density at radius 3 is 2.39 bits per heavy atom. The third kappa shape index (κ3) is 4.37. The van der Waals surface area contributed by atoms with Crippen LogP contribution >= 0.6 is 0 Å². The third-order valence-corrected chi connectivity index (χ3v) is 4.52. The van der Waals surface area contributed by atoms with Gasteiger partial charge in [0.1, 0.15) is 0 Å². The van der Waals surface area contributed by atoms with Crippen molar-refractivity contribution < 1.29 is 23.9 Å². The predicted octanol–water partition coefficient (Wildman–Crippen LogP) is 1.63. The molecule has 9 nitrogen and oxygen atoms in total. The van der Waals surface area contributed by atoms with E-state index < -0.39 is 17.8 Å². The van der Waals surface area contributed by atoms with Gasteiger partial charge in [0.2, 0.25) is 0 Å². The monoisotopic (exact) mass is 386 g/mol. The summed E-state index contributed by atoms with van der Waals surface area (Å²) in [4.78, 5) is 36.3. The molecule has 1 saturated heterocycles. The van der Waals surface area contributed by atoms with E-state index in [2.05, 4.69) is 15.7 Å². The summed E-state index contributed by atoms with van der Waals surface area (Å²) >= 11 is 0. The molecular formula is C19H22N4O5. The van der Waals surface area contributed by atoms with Gasteiger partial charge in [0.15, 0.2) is 5.69 Å². The van der Waals surface area contributed by atoms with Crippen molar-refractivity contribution in [2.24, 2.45) is 0 Å². The molecule has 1 aromatic heterocycles. The highest BCUT2D eigenvalue weighted by molar-refractivity contribution is 6.04. The molecule has 2 N–H and O–H groups in total. The van der Waals surface area contributed by atoms with Crippen molar-refractivity contribution >= 4 is 23.5 Å². The van der Waals surface area contributed by atoms with Gasteiger partial charge >= 0.3 is 11.9 Å². The highest BCUT2D eigenvalue weighted by Crippen LogP contribution is 2.19. The first-order valence-electron chi connectivity index (χ1n) is 8.90. The number of benzene rings is 1. The number of carbonyl (C=O) groups is 3. The van der Waals surface area contributed by atoms with Crippen LogP contribution in [0.25, 0.3) is 0 Å². The minimum Gasteiger partial charge on any atom is -0.465 e. The van der Waals surface area contributed by atoms with Crippen molar-refractivity contribution in [1.82, 2.24) is 15.1 Å². The Bertz CT molecular complexity index is 852. The lowest BCUT2D eigenvalue weighted by Gasteiger charge is -2.22. The van der Waals surface area contributed by atoms with E-state index in [1.807, 2.05) is 0 Å². The van der Waals surface area contributed by atoms with Crippen molar-refractivity contribution in [2.45, 2.75) is 18.9 Å². The Morgan fingerprint density at radius 2 is 1.82 bits per heavy atom. The van der Waals surface area contributed by atoms with Crippen LogP contribution in [-0.2, 0) is 9.47 Å². The van der Waals surface area contributed by atoms with E-state index in [-0.39, 0.29) is 28.6 Å². The van der Waals surface area contributed by atoms with Gasteiger partial charge in [-0.05, 0) is 43.7 Å². The molecule has 2 aromatic rings. The average Bonchev–Trinajstić information content (AvgIpc) is 3.23. The summed E-state index contributed by atoms with van der Waals surface area (Å²) in [5.74, 6) is -1.70. The first kappa shape index (κ1) is 19.6. The van der Waals surface area contributed by atoms with Gasteiger partial charge < -0.3 is 20.1 Å². The molecule has 28 heavy (non-hydrogen) atoms. The summed E-state index contributed by atoms with van der Waals surface area (Å²) < 4.78 is 11.2. The van der Waals surface area contributed by atoms with Crippen LogP contribution in [0.15, 0.2) is 30.5 Å². The van der Waals surface area contributed by atoms with Gasteiger partial charge in [-0.15, -0.1) is 0 Å². The number of ether oxygens (including phenoxy) is 2. The van der Waals surface area contributed by atoms with Gasteiger partial charge in [0.05, 0.1) is 31.4 Å². The fourth-order valence-corrected chi connectivity index (χ4v) is 3.09. The predicted molar refractivity (Wildman–Crippen MR) is 100 cm³/mol. The smallest absolute Gasteiger partial charge is 0.337 e. The molecule has 3 rings (SSSR count). The van der Waals surface area contributed by atoms with Crippen molar-refractivity contribution in [3.8, 4) is 0 Å². The van der Waals surface area contributed by atoms with Crippen LogP contribution in [0.1, 0.15) is 50.1 Å². The molecular weight excluding hydrogens is 364 g/mol. The van der Waals surface area contributed by atoms with E-state index in [0.717, 1.165) is 25.9 Å². The maximum absolute atomic E-state index is 12.6. The highest BCUT2D eigenvalue weighted by atomic mass is 16.5. The molecule has 0 spiro atoms. The van der Waals surface area contributed by atoms with E-state index in [0.29, 0.717) is 0 Å². The number of rotatable bonds is 5. The molecule has 9 heteroatoms. The number of anilines is 1. The Labute approximate surface area is 162 Å². The van der Waals surface area contributed by atoms with E-state index in [4.69, 9.17) is 9.47 Å². The van der Waals surface area contributed by atoms with E-state index in [1.54, 1.807) is 16.9 Å². The van der Waals surface area contributed by atoms with Gasteiger partial charge in [0, 0.05) is 18.4 Å². The molecule has 0 saturated carbocycles. The SMILES string of the molecule is COC(=O)c1cc(NC(=O)c2ccn(C3CCCNC3)n2)cc(C(=O)OC)c1. The van der Waals surface area contributed by atoms with Crippen LogP contribution in [0.2, 0.25) is 0 Å². The summed E-state index contributed by atoms with van der Waals surface area (Å²) in [6.45, 7) is 1.80. The second-order valence-corrected chi connectivity index (χ2v) is 6.42. The zero-order chi connectivity index (χ0) is 20.1. The van der Waals surface area contributed by atoms with Crippen LogP contribution < -0.4 is 10.6 Å². The molecule has 1 unspecified atom stereocenters. The van der Waals surface area contributed by atoms with Crippen LogP contribution in [0.4, 0.5) is 5.69 Å². The van der Waals surface area contributed by atoms with Crippen LogP contribution in [0.5, 0.6) is 0 Å². The number of amides is 1. The summed E-state index contributed by atoms with van der Waals surface area (Å²) in [6.07, 6.45) is 3.83. The second kappa shape index (κ2) is 8.66. The first-order valence-corrected chi connectivity index (χ1v) is 8.90. The van der Waals surface area contributed by atoms with Crippen molar-refractivity contribution in [3.63, 3.8) is 0 Å². The molecule has 2 heterocycles. The quantitative estimate of drug-likeness (QED) is 0.751. The molecule has 1 amide bonds. The van der Waals surface area contributed by atoms with Gasteiger partial charge in [-0.2, -0.15) is 5.10 Å². The molecule has 1 fully saturated rings. The molecule has 1 aromatic carbocycles. The molecule has 148 valence electrons. The number of esters is 2. The number of aromatic nitrogens is 2. The van der Waals surface area contributed by atoms with Crippen molar-refractivity contribution in [2.75, 3.05) is 32.6 Å². The summed E-state index contributed by atoms with van der Waals surface area (Å²) in [5, 5.41) is 10.3. The Kier molecular flexibility index (Phi) is 6.05. The number of methoxy groups -OCH3 is 2. The molecule has 1 aliphatic heterocycles. The molecule has 0 bridgehead atoms.